The summed E-state index contributed by atoms with van der Waals surface area (Å²) in [6, 6.07) is 25.9. The summed E-state index contributed by atoms with van der Waals surface area (Å²) in [6.45, 7) is 0. The van der Waals surface area contributed by atoms with Crippen molar-refractivity contribution >= 4 is 66.9 Å². The number of carboxylic acids is 1. The number of fused-ring (bicyclic) bond motifs is 6. The lowest BCUT2D eigenvalue weighted by Gasteiger charge is -2.25. The first kappa shape index (κ1) is 24.1. The highest BCUT2D eigenvalue weighted by Crippen LogP contribution is 2.50. The van der Waals surface area contributed by atoms with Gasteiger partial charge < -0.3 is 10.6 Å². The predicted octanol–water partition coefficient (Wildman–Crippen LogP) is 6.85. The summed E-state index contributed by atoms with van der Waals surface area (Å²) in [5.41, 5.74) is 6.04. The van der Waals surface area contributed by atoms with Gasteiger partial charge in [-0.15, -0.1) is 0 Å². The molecule has 2 aliphatic rings. The minimum Gasteiger partial charge on any atom is -0.478 e. The first-order valence-electron chi connectivity index (χ1n) is 13.2. The Hall–Kier alpha value is -5.72. The SMILES string of the molecule is O.O=Cc1ccc2c(c1)C(=O)c1ccc3c4ccc5c6c(ccc(c7ccc-2c1c37)c64)-c1ccc(C(=O)O)cc1C5=O. The Labute approximate surface area is 237 Å². The van der Waals surface area contributed by atoms with Crippen molar-refractivity contribution in [2.45, 2.75) is 0 Å². The fraction of sp³-hybridized carbons (Fsp3) is 0. The molecule has 7 aromatic carbocycles. The van der Waals surface area contributed by atoms with Crippen LogP contribution in [0.25, 0.3) is 65.3 Å². The summed E-state index contributed by atoms with van der Waals surface area (Å²) in [7, 11) is 0. The summed E-state index contributed by atoms with van der Waals surface area (Å²) in [4.78, 5) is 50.5. The molecule has 0 unspecified atom stereocenters. The van der Waals surface area contributed by atoms with Crippen molar-refractivity contribution < 1.29 is 29.8 Å². The molecule has 0 saturated heterocycles. The lowest BCUT2D eigenvalue weighted by atomic mass is 9.76. The monoisotopic (exact) mass is 546 g/mol. The molecule has 6 nitrogen and oxygen atoms in total. The van der Waals surface area contributed by atoms with E-state index in [4.69, 9.17) is 0 Å². The quantitative estimate of drug-likeness (QED) is 0.144. The highest BCUT2D eigenvalue weighted by Gasteiger charge is 2.31. The molecule has 0 heterocycles. The van der Waals surface area contributed by atoms with Gasteiger partial charge in [0.15, 0.2) is 11.6 Å². The van der Waals surface area contributed by atoms with Gasteiger partial charge >= 0.3 is 5.97 Å². The van der Waals surface area contributed by atoms with Crippen LogP contribution in [0.1, 0.15) is 52.6 Å². The van der Waals surface area contributed by atoms with Gasteiger partial charge in [-0.3, -0.25) is 14.4 Å². The second kappa shape index (κ2) is 7.94. The van der Waals surface area contributed by atoms with E-state index in [1.54, 1.807) is 24.3 Å². The molecule has 0 fully saturated rings. The molecule has 42 heavy (non-hydrogen) atoms. The Morgan fingerprint density at radius 2 is 0.929 bits per heavy atom. The average Bonchev–Trinajstić information content (AvgIpc) is 3.01. The van der Waals surface area contributed by atoms with Crippen LogP contribution in [-0.4, -0.2) is 34.4 Å². The van der Waals surface area contributed by atoms with E-state index in [-0.39, 0.29) is 22.6 Å². The van der Waals surface area contributed by atoms with Gasteiger partial charge in [0, 0.05) is 38.6 Å². The van der Waals surface area contributed by atoms with E-state index in [2.05, 4.69) is 12.1 Å². The second-order valence-electron chi connectivity index (χ2n) is 10.8. The number of hydrogen-bond donors (Lipinski definition) is 1. The average molecular weight is 547 g/mol. The second-order valence-corrected chi connectivity index (χ2v) is 10.8. The molecule has 6 heteroatoms. The molecular weight excluding hydrogens is 528 g/mol. The van der Waals surface area contributed by atoms with Crippen molar-refractivity contribution in [1.29, 1.82) is 0 Å². The van der Waals surface area contributed by atoms with E-state index in [1.165, 1.54) is 6.07 Å². The lowest BCUT2D eigenvalue weighted by molar-refractivity contribution is 0.0696. The minimum absolute atomic E-state index is 0. The van der Waals surface area contributed by atoms with Crippen molar-refractivity contribution in [3.63, 3.8) is 0 Å². The summed E-state index contributed by atoms with van der Waals surface area (Å²) in [5.74, 6) is -1.36. The number of hydrogen-bond acceptors (Lipinski definition) is 4. The molecular formula is C36H18O6. The largest absolute Gasteiger partial charge is 0.478 e. The van der Waals surface area contributed by atoms with Gasteiger partial charge in [0.2, 0.25) is 0 Å². The number of rotatable bonds is 2. The van der Waals surface area contributed by atoms with E-state index < -0.39 is 5.97 Å². The summed E-state index contributed by atoms with van der Waals surface area (Å²) in [6.07, 6.45) is 0.756. The Balaban J connectivity index is 0.00000267. The molecule has 0 amide bonds. The van der Waals surface area contributed by atoms with Crippen LogP contribution in [-0.2, 0) is 0 Å². The Kier molecular flexibility index (Phi) is 4.55. The third kappa shape index (κ3) is 2.71. The first-order valence-corrected chi connectivity index (χ1v) is 13.2. The third-order valence-electron chi connectivity index (χ3n) is 8.91. The predicted molar refractivity (Wildman–Crippen MR) is 161 cm³/mol. The number of aromatic carboxylic acids is 1. The molecule has 0 aromatic heterocycles. The molecule has 198 valence electrons. The number of carbonyl (C=O) groups excluding carboxylic acids is 3. The molecule has 0 saturated carbocycles. The van der Waals surface area contributed by atoms with Crippen LogP contribution < -0.4 is 0 Å². The van der Waals surface area contributed by atoms with Crippen molar-refractivity contribution in [3.05, 3.63) is 118 Å². The Morgan fingerprint density at radius 3 is 1.40 bits per heavy atom. The smallest absolute Gasteiger partial charge is 0.335 e. The number of benzene rings is 7. The minimum atomic E-state index is -1.07. The lowest BCUT2D eigenvalue weighted by Crippen LogP contribution is -2.12. The zero-order valence-electron chi connectivity index (χ0n) is 21.7. The zero-order valence-corrected chi connectivity index (χ0v) is 21.7. The number of carboxylic acid groups (broad SMARTS) is 1. The molecule has 3 N–H and O–H groups in total. The van der Waals surface area contributed by atoms with E-state index >= 15 is 0 Å². The van der Waals surface area contributed by atoms with Crippen molar-refractivity contribution in [2.75, 3.05) is 0 Å². The summed E-state index contributed by atoms with van der Waals surface area (Å²) in [5, 5.41) is 17.2. The number of carbonyl (C=O) groups is 4. The summed E-state index contributed by atoms with van der Waals surface area (Å²) >= 11 is 0. The molecule has 0 bridgehead atoms. The van der Waals surface area contributed by atoms with Crippen molar-refractivity contribution in [1.82, 2.24) is 0 Å². The van der Waals surface area contributed by atoms with Gasteiger partial charge in [-0.2, -0.15) is 0 Å². The summed E-state index contributed by atoms with van der Waals surface area (Å²) < 4.78 is 0. The Bertz CT molecular complexity index is 2430. The molecule has 7 aromatic rings. The Morgan fingerprint density at radius 1 is 0.500 bits per heavy atom. The van der Waals surface area contributed by atoms with Gasteiger partial charge in [0.1, 0.15) is 6.29 Å². The van der Waals surface area contributed by atoms with Crippen LogP contribution in [0, 0.1) is 0 Å². The highest BCUT2D eigenvalue weighted by atomic mass is 16.4. The number of ketones is 2. The van der Waals surface area contributed by atoms with Gasteiger partial charge in [0.25, 0.3) is 0 Å². The van der Waals surface area contributed by atoms with E-state index in [0.717, 1.165) is 71.6 Å². The standard InChI is InChI=1S/C36H16O5.H2O/c37-15-16-1-3-18-20-5-7-22-23-8-6-21-19-4-2-17(36(40)41)14-29(19)35(39)27-12-10-25(31(23)33(21)27)24-9-11-26(32(20)30(22)24)34(38)28(18)13-16;/h1-15H,(H,40,41);1H2. The fourth-order valence-corrected chi connectivity index (χ4v) is 7.16. The van der Waals surface area contributed by atoms with E-state index in [0.29, 0.717) is 27.8 Å². The maximum atomic E-state index is 13.7. The molecule has 0 atom stereocenters. The number of aldehydes is 1. The highest BCUT2D eigenvalue weighted by molar-refractivity contribution is 6.41. The van der Waals surface area contributed by atoms with E-state index in [9.17, 15) is 24.3 Å². The van der Waals surface area contributed by atoms with Gasteiger partial charge in [-0.25, -0.2) is 4.79 Å². The molecule has 0 aliphatic heterocycles. The maximum Gasteiger partial charge on any atom is 0.335 e. The van der Waals surface area contributed by atoms with Crippen LogP contribution >= 0.6 is 0 Å². The van der Waals surface area contributed by atoms with E-state index in [1.807, 2.05) is 42.5 Å². The van der Waals surface area contributed by atoms with Crippen molar-refractivity contribution in [3.8, 4) is 22.3 Å². The zero-order chi connectivity index (χ0) is 27.7. The fourth-order valence-electron chi connectivity index (χ4n) is 7.16. The van der Waals surface area contributed by atoms with Crippen molar-refractivity contribution in [2.24, 2.45) is 0 Å². The third-order valence-corrected chi connectivity index (χ3v) is 8.91. The molecule has 0 radical (unpaired) electrons. The first-order chi connectivity index (χ1) is 20.0. The van der Waals surface area contributed by atoms with Crippen LogP contribution in [0.15, 0.2) is 84.9 Å². The maximum absolute atomic E-state index is 13.7. The molecule has 2 aliphatic carbocycles. The molecule has 0 spiro atoms. The van der Waals surface area contributed by atoms with Gasteiger partial charge in [0.05, 0.1) is 5.56 Å². The normalized spacial score (nSPS) is 13.0. The van der Waals surface area contributed by atoms with Gasteiger partial charge in [-0.05, 0) is 84.9 Å². The van der Waals surface area contributed by atoms with Crippen LogP contribution in [0.4, 0.5) is 0 Å². The van der Waals surface area contributed by atoms with Crippen LogP contribution in [0.3, 0.4) is 0 Å². The van der Waals surface area contributed by atoms with Gasteiger partial charge in [-0.1, -0.05) is 54.6 Å². The topological polar surface area (TPSA) is 120 Å². The van der Waals surface area contributed by atoms with Crippen LogP contribution in [0.5, 0.6) is 0 Å². The van der Waals surface area contributed by atoms with Crippen LogP contribution in [0.2, 0.25) is 0 Å². The molecule has 9 rings (SSSR count).